The lowest BCUT2D eigenvalue weighted by molar-refractivity contribution is 0.585. The van der Waals surface area contributed by atoms with Crippen LogP contribution in [-0.2, 0) is 6.42 Å². The summed E-state index contributed by atoms with van der Waals surface area (Å²) in [7, 11) is 0. The topological polar surface area (TPSA) is 37.8 Å². The molecular formula is C17H23N3. The molecule has 106 valence electrons. The fraction of sp³-hybridized carbons (Fsp3) is 0.412. The van der Waals surface area contributed by atoms with E-state index in [0.29, 0.717) is 0 Å². The van der Waals surface area contributed by atoms with E-state index in [4.69, 9.17) is 0 Å². The van der Waals surface area contributed by atoms with Crippen LogP contribution in [0.2, 0.25) is 0 Å². The first kappa shape index (κ1) is 14.7. The van der Waals surface area contributed by atoms with E-state index in [1.165, 1.54) is 17.5 Å². The second-order valence-electron chi connectivity index (χ2n) is 5.01. The van der Waals surface area contributed by atoms with Gasteiger partial charge in [0.1, 0.15) is 6.33 Å². The minimum absolute atomic E-state index is 0.147. The monoisotopic (exact) mass is 269 g/mol. The third-order valence-corrected chi connectivity index (χ3v) is 3.35. The molecule has 0 amide bonds. The van der Waals surface area contributed by atoms with Gasteiger partial charge in [-0.15, -0.1) is 0 Å². The van der Waals surface area contributed by atoms with Crippen LogP contribution in [0.15, 0.2) is 42.9 Å². The maximum atomic E-state index is 4.39. The summed E-state index contributed by atoms with van der Waals surface area (Å²) >= 11 is 0. The van der Waals surface area contributed by atoms with E-state index < -0.39 is 0 Å². The number of nitrogens with zero attached hydrogens (tertiary/aromatic N) is 2. The zero-order chi connectivity index (χ0) is 14.2. The van der Waals surface area contributed by atoms with Crippen LogP contribution in [0, 0.1) is 0 Å². The highest BCUT2D eigenvalue weighted by Gasteiger charge is 2.14. The fourth-order valence-corrected chi connectivity index (χ4v) is 2.32. The number of benzene rings is 1. The van der Waals surface area contributed by atoms with Crippen molar-refractivity contribution in [2.45, 2.75) is 39.2 Å². The van der Waals surface area contributed by atoms with Gasteiger partial charge in [0.2, 0.25) is 0 Å². The molecule has 20 heavy (non-hydrogen) atoms. The molecule has 0 bridgehead atoms. The third kappa shape index (κ3) is 3.87. The molecule has 0 fully saturated rings. The maximum absolute atomic E-state index is 4.39. The summed E-state index contributed by atoms with van der Waals surface area (Å²) in [6.07, 6.45) is 6.84. The minimum atomic E-state index is 0.147. The molecule has 0 aliphatic heterocycles. The average Bonchev–Trinajstić information content (AvgIpc) is 2.51. The summed E-state index contributed by atoms with van der Waals surface area (Å²) in [5, 5.41) is 3.56. The van der Waals surface area contributed by atoms with Gasteiger partial charge in [0.05, 0.1) is 11.7 Å². The molecule has 0 radical (unpaired) electrons. The van der Waals surface area contributed by atoms with Crippen molar-refractivity contribution in [1.29, 1.82) is 0 Å². The SMILES string of the molecule is CCCNC(c1ccc(CCC)cc1)c1ccncn1. The molecule has 0 aliphatic carbocycles. The van der Waals surface area contributed by atoms with E-state index >= 15 is 0 Å². The molecule has 1 aromatic carbocycles. The van der Waals surface area contributed by atoms with Crippen LogP contribution >= 0.6 is 0 Å². The highest BCUT2D eigenvalue weighted by molar-refractivity contribution is 5.30. The summed E-state index contributed by atoms with van der Waals surface area (Å²) in [5.41, 5.74) is 3.68. The molecule has 1 aromatic heterocycles. The Morgan fingerprint density at radius 1 is 1.05 bits per heavy atom. The Hall–Kier alpha value is -1.74. The first-order chi connectivity index (χ1) is 9.85. The molecule has 1 atom stereocenters. The maximum Gasteiger partial charge on any atom is 0.115 e. The van der Waals surface area contributed by atoms with Gasteiger partial charge in [0.25, 0.3) is 0 Å². The van der Waals surface area contributed by atoms with E-state index in [1.54, 1.807) is 12.5 Å². The lowest BCUT2D eigenvalue weighted by Gasteiger charge is -2.18. The molecule has 1 N–H and O–H groups in total. The van der Waals surface area contributed by atoms with Gasteiger partial charge in [-0.1, -0.05) is 44.5 Å². The van der Waals surface area contributed by atoms with Crippen molar-refractivity contribution in [1.82, 2.24) is 15.3 Å². The second-order valence-corrected chi connectivity index (χ2v) is 5.01. The second kappa shape index (κ2) is 7.75. The molecule has 2 aromatic rings. The molecule has 3 heteroatoms. The third-order valence-electron chi connectivity index (χ3n) is 3.35. The van der Waals surface area contributed by atoms with Gasteiger partial charge in [0.15, 0.2) is 0 Å². The summed E-state index contributed by atoms with van der Waals surface area (Å²) in [5.74, 6) is 0. The van der Waals surface area contributed by atoms with Crippen LogP contribution in [-0.4, -0.2) is 16.5 Å². The van der Waals surface area contributed by atoms with Crippen molar-refractivity contribution in [3.63, 3.8) is 0 Å². The van der Waals surface area contributed by atoms with Crippen LogP contribution < -0.4 is 5.32 Å². The van der Waals surface area contributed by atoms with E-state index in [0.717, 1.165) is 25.1 Å². The van der Waals surface area contributed by atoms with E-state index in [9.17, 15) is 0 Å². The lowest BCUT2D eigenvalue weighted by atomic mass is 10.0. The van der Waals surface area contributed by atoms with Crippen molar-refractivity contribution < 1.29 is 0 Å². The Bertz CT molecular complexity index is 493. The van der Waals surface area contributed by atoms with Crippen LogP contribution in [0.1, 0.15) is 49.6 Å². The van der Waals surface area contributed by atoms with Gasteiger partial charge in [-0.25, -0.2) is 9.97 Å². The number of nitrogens with one attached hydrogen (secondary N) is 1. The number of hydrogen-bond acceptors (Lipinski definition) is 3. The molecule has 1 heterocycles. The Labute approximate surface area is 121 Å². The first-order valence-electron chi connectivity index (χ1n) is 7.43. The smallest absolute Gasteiger partial charge is 0.115 e. The zero-order valence-electron chi connectivity index (χ0n) is 12.3. The highest BCUT2D eigenvalue weighted by Crippen LogP contribution is 2.20. The van der Waals surface area contributed by atoms with Gasteiger partial charge in [-0.05, 0) is 36.6 Å². The van der Waals surface area contributed by atoms with Crippen molar-refractivity contribution in [2.24, 2.45) is 0 Å². The van der Waals surface area contributed by atoms with Crippen LogP contribution in [0.5, 0.6) is 0 Å². The largest absolute Gasteiger partial charge is 0.305 e. The Morgan fingerprint density at radius 3 is 2.45 bits per heavy atom. The van der Waals surface area contributed by atoms with Crippen molar-refractivity contribution in [2.75, 3.05) is 6.54 Å². The van der Waals surface area contributed by atoms with E-state index in [1.807, 2.05) is 6.07 Å². The Balaban J connectivity index is 2.22. The number of hydrogen-bond donors (Lipinski definition) is 1. The first-order valence-corrected chi connectivity index (χ1v) is 7.43. The van der Waals surface area contributed by atoms with E-state index in [2.05, 4.69) is 53.4 Å². The van der Waals surface area contributed by atoms with Crippen molar-refractivity contribution in [3.8, 4) is 0 Å². The van der Waals surface area contributed by atoms with Gasteiger partial charge in [-0.3, -0.25) is 0 Å². The van der Waals surface area contributed by atoms with Gasteiger partial charge < -0.3 is 5.32 Å². The van der Waals surface area contributed by atoms with Gasteiger partial charge >= 0.3 is 0 Å². The van der Waals surface area contributed by atoms with Crippen LogP contribution in [0.25, 0.3) is 0 Å². The fourth-order valence-electron chi connectivity index (χ4n) is 2.32. The van der Waals surface area contributed by atoms with Crippen molar-refractivity contribution >= 4 is 0 Å². The number of aryl methyl sites for hydroxylation is 1. The predicted molar refractivity (Wildman–Crippen MR) is 82.6 cm³/mol. The standard InChI is InChI=1S/C17H23N3/c1-3-5-14-6-8-15(9-7-14)17(19-11-4-2)16-10-12-18-13-20-16/h6-10,12-13,17,19H,3-5,11H2,1-2H3. The predicted octanol–water partition coefficient (Wildman–Crippen LogP) is 3.52. The Kier molecular flexibility index (Phi) is 5.69. The Morgan fingerprint density at radius 2 is 1.85 bits per heavy atom. The molecule has 3 nitrogen and oxygen atoms in total. The molecule has 1 unspecified atom stereocenters. The quantitative estimate of drug-likeness (QED) is 0.835. The molecule has 0 saturated carbocycles. The van der Waals surface area contributed by atoms with E-state index in [-0.39, 0.29) is 6.04 Å². The summed E-state index contributed by atoms with van der Waals surface area (Å²) in [6, 6.07) is 11.0. The average molecular weight is 269 g/mol. The summed E-state index contributed by atoms with van der Waals surface area (Å²) < 4.78 is 0. The minimum Gasteiger partial charge on any atom is -0.305 e. The molecule has 0 spiro atoms. The van der Waals surface area contributed by atoms with Gasteiger partial charge in [-0.2, -0.15) is 0 Å². The molecular weight excluding hydrogens is 246 g/mol. The van der Waals surface area contributed by atoms with Gasteiger partial charge in [0, 0.05) is 6.20 Å². The zero-order valence-corrected chi connectivity index (χ0v) is 12.3. The molecule has 0 aliphatic rings. The highest BCUT2D eigenvalue weighted by atomic mass is 14.9. The summed E-state index contributed by atoms with van der Waals surface area (Å²) in [4.78, 5) is 8.39. The molecule has 2 rings (SSSR count). The van der Waals surface area contributed by atoms with Crippen LogP contribution in [0.3, 0.4) is 0 Å². The normalized spacial score (nSPS) is 12.3. The van der Waals surface area contributed by atoms with Crippen molar-refractivity contribution in [3.05, 3.63) is 59.7 Å². The number of rotatable bonds is 7. The number of aromatic nitrogens is 2. The molecule has 0 saturated heterocycles. The summed E-state index contributed by atoms with van der Waals surface area (Å²) in [6.45, 7) is 5.36. The van der Waals surface area contributed by atoms with Crippen LogP contribution in [0.4, 0.5) is 0 Å². The lowest BCUT2D eigenvalue weighted by Crippen LogP contribution is -2.24.